The molecular weight excluding hydrogens is 168 g/mol. The third kappa shape index (κ3) is 4.24. The maximum absolute atomic E-state index is 10.2. The van der Waals surface area contributed by atoms with Gasteiger partial charge in [0.15, 0.2) is 0 Å². The summed E-state index contributed by atoms with van der Waals surface area (Å²) >= 11 is 0. The first-order valence-electron chi connectivity index (χ1n) is 4.89. The van der Waals surface area contributed by atoms with E-state index in [1.54, 1.807) is 0 Å². The van der Waals surface area contributed by atoms with Gasteiger partial charge in [-0.1, -0.05) is 0 Å². The Labute approximate surface area is 78.5 Å². The predicted octanol–water partition coefficient (Wildman–Crippen LogP) is 0.321. The SMILES string of the molecule is N[C@H]1CC[C@H](NCCC(=O)O)CC1. The van der Waals surface area contributed by atoms with E-state index in [-0.39, 0.29) is 6.42 Å². The summed E-state index contributed by atoms with van der Waals surface area (Å²) in [6.07, 6.45) is 4.50. The molecule has 0 radical (unpaired) electrons. The number of hydrogen-bond acceptors (Lipinski definition) is 3. The van der Waals surface area contributed by atoms with E-state index >= 15 is 0 Å². The number of rotatable bonds is 4. The second kappa shape index (κ2) is 5.19. The van der Waals surface area contributed by atoms with Crippen LogP contribution in [0.4, 0.5) is 0 Å². The van der Waals surface area contributed by atoms with Gasteiger partial charge in [0, 0.05) is 18.6 Å². The van der Waals surface area contributed by atoms with E-state index in [4.69, 9.17) is 10.8 Å². The lowest BCUT2D eigenvalue weighted by Gasteiger charge is -2.26. The number of carbonyl (C=O) groups is 1. The normalized spacial score (nSPS) is 28.7. The molecule has 0 aromatic heterocycles. The molecule has 0 spiro atoms. The Morgan fingerprint density at radius 3 is 2.54 bits per heavy atom. The quantitative estimate of drug-likeness (QED) is 0.591. The molecule has 0 aliphatic heterocycles. The van der Waals surface area contributed by atoms with Crippen LogP contribution in [-0.2, 0) is 4.79 Å². The molecule has 4 heteroatoms. The van der Waals surface area contributed by atoms with Crippen LogP contribution < -0.4 is 11.1 Å². The predicted molar refractivity (Wildman–Crippen MR) is 50.5 cm³/mol. The Balaban J connectivity index is 2.05. The molecule has 0 aromatic rings. The first-order chi connectivity index (χ1) is 6.18. The van der Waals surface area contributed by atoms with Gasteiger partial charge in [-0.15, -0.1) is 0 Å². The van der Waals surface area contributed by atoms with E-state index in [0.29, 0.717) is 18.6 Å². The average Bonchev–Trinajstić information content (AvgIpc) is 2.08. The Morgan fingerprint density at radius 2 is 2.00 bits per heavy atom. The monoisotopic (exact) mass is 186 g/mol. The summed E-state index contributed by atoms with van der Waals surface area (Å²) < 4.78 is 0. The lowest BCUT2D eigenvalue weighted by molar-refractivity contribution is -0.136. The molecule has 13 heavy (non-hydrogen) atoms. The topological polar surface area (TPSA) is 75.3 Å². The number of carboxylic acids is 1. The van der Waals surface area contributed by atoms with Crippen molar-refractivity contribution in [3.63, 3.8) is 0 Å². The summed E-state index contributed by atoms with van der Waals surface area (Å²) in [6, 6.07) is 0.844. The highest BCUT2D eigenvalue weighted by atomic mass is 16.4. The lowest BCUT2D eigenvalue weighted by atomic mass is 9.92. The van der Waals surface area contributed by atoms with Crippen molar-refractivity contribution in [2.24, 2.45) is 5.73 Å². The van der Waals surface area contributed by atoms with E-state index in [2.05, 4.69) is 5.32 Å². The van der Waals surface area contributed by atoms with Gasteiger partial charge in [0.05, 0.1) is 6.42 Å². The van der Waals surface area contributed by atoms with Crippen molar-refractivity contribution < 1.29 is 9.90 Å². The molecule has 1 aliphatic carbocycles. The van der Waals surface area contributed by atoms with E-state index in [0.717, 1.165) is 25.7 Å². The summed E-state index contributed by atoms with van der Waals surface area (Å²) in [5.41, 5.74) is 5.75. The smallest absolute Gasteiger partial charge is 0.304 e. The van der Waals surface area contributed by atoms with Gasteiger partial charge in [-0.25, -0.2) is 0 Å². The molecule has 0 bridgehead atoms. The largest absolute Gasteiger partial charge is 0.481 e. The molecule has 0 atom stereocenters. The van der Waals surface area contributed by atoms with Gasteiger partial charge >= 0.3 is 5.97 Å². The van der Waals surface area contributed by atoms with Gasteiger partial charge < -0.3 is 16.2 Å². The summed E-state index contributed by atoms with van der Waals surface area (Å²) in [5, 5.41) is 11.7. The zero-order chi connectivity index (χ0) is 9.68. The van der Waals surface area contributed by atoms with Crippen LogP contribution in [0.2, 0.25) is 0 Å². The van der Waals surface area contributed by atoms with Crippen molar-refractivity contribution in [2.75, 3.05) is 6.54 Å². The molecule has 1 saturated carbocycles. The Kier molecular flexibility index (Phi) is 4.18. The highest BCUT2D eigenvalue weighted by molar-refractivity contribution is 5.66. The Bertz CT molecular complexity index is 165. The molecule has 76 valence electrons. The number of hydrogen-bond donors (Lipinski definition) is 3. The lowest BCUT2D eigenvalue weighted by Crippen LogP contribution is -2.38. The van der Waals surface area contributed by atoms with Crippen LogP contribution in [0.3, 0.4) is 0 Å². The number of nitrogens with two attached hydrogens (primary N) is 1. The van der Waals surface area contributed by atoms with Gasteiger partial charge in [0.2, 0.25) is 0 Å². The first kappa shape index (κ1) is 10.5. The minimum absolute atomic E-state index is 0.211. The van der Waals surface area contributed by atoms with Crippen LogP contribution in [0.25, 0.3) is 0 Å². The van der Waals surface area contributed by atoms with Crippen molar-refractivity contribution in [1.29, 1.82) is 0 Å². The fourth-order valence-electron chi connectivity index (χ4n) is 1.71. The molecule has 0 aromatic carbocycles. The van der Waals surface area contributed by atoms with Gasteiger partial charge in [0.25, 0.3) is 0 Å². The van der Waals surface area contributed by atoms with E-state index < -0.39 is 5.97 Å². The van der Waals surface area contributed by atoms with Crippen molar-refractivity contribution in [3.05, 3.63) is 0 Å². The van der Waals surface area contributed by atoms with E-state index in [1.165, 1.54) is 0 Å². The third-order valence-electron chi connectivity index (χ3n) is 2.54. The highest BCUT2D eigenvalue weighted by Gasteiger charge is 2.17. The molecule has 0 heterocycles. The van der Waals surface area contributed by atoms with Crippen LogP contribution in [0, 0.1) is 0 Å². The van der Waals surface area contributed by atoms with Gasteiger partial charge in [-0.3, -0.25) is 4.79 Å². The second-order valence-electron chi connectivity index (χ2n) is 3.71. The molecule has 1 aliphatic rings. The van der Waals surface area contributed by atoms with Crippen LogP contribution in [0.1, 0.15) is 32.1 Å². The molecular formula is C9H18N2O2. The zero-order valence-electron chi connectivity index (χ0n) is 7.83. The minimum Gasteiger partial charge on any atom is -0.481 e. The molecule has 1 fully saturated rings. The Morgan fingerprint density at radius 1 is 1.38 bits per heavy atom. The number of carboxylic acid groups (broad SMARTS) is 1. The van der Waals surface area contributed by atoms with Crippen LogP contribution in [-0.4, -0.2) is 29.7 Å². The summed E-state index contributed by atoms with van der Waals surface area (Å²) in [5.74, 6) is -0.736. The maximum atomic E-state index is 10.2. The van der Waals surface area contributed by atoms with Crippen LogP contribution in [0.15, 0.2) is 0 Å². The first-order valence-corrected chi connectivity index (χ1v) is 4.89. The Hall–Kier alpha value is -0.610. The van der Waals surface area contributed by atoms with E-state index in [9.17, 15) is 4.79 Å². The highest BCUT2D eigenvalue weighted by Crippen LogP contribution is 2.16. The second-order valence-corrected chi connectivity index (χ2v) is 3.71. The van der Waals surface area contributed by atoms with Crippen LogP contribution >= 0.6 is 0 Å². The average molecular weight is 186 g/mol. The number of aliphatic carboxylic acids is 1. The molecule has 1 rings (SSSR count). The van der Waals surface area contributed by atoms with Crippen molar-refractivity contribution in [1.82, 2.24) is 5.32 Å². The van der Waals surface area contributed by atoms with Gasteiger partial charge in [0.1, 0.15) is 0 Å². The van der Waals surface area contributed by atoms with E-state index in [1.807, 2.05) is 0 Å². The third-order valence-corrected chi connectivity index (χ3v) is 2.54. The molecule has 0 unspecified atom stereocenters. The summed E-state index contributed by atoms with van der Waals surface area (Å²) in [7, 11) is 0. The summed E-state index contributed by atoms with van der Waals surface area (Å²) in [4.78, 5) is 10.2. The van der Waals surface area contributed by atoms with Gasteiger partial charge in [-0.05, 0) is 25.7 Å². The van der Waals surface area contributed by atoms with Gasteiger partial charge in [-0.2, -0.15) is 0 Å². The van der Waals surface area contributed by atoms with Crippen LogP contribution in [0.5, 0.6) is 0 Å². The fourth-order valence-corrected chi connectivity index (χ4v) is 1.71. The van der Waals surface area contributed by atoms with Crippen molar-refractivity contribution >= 4 is 5.97 Å². The number of nitrogens with one attached hydrogen (secondary N) is 1. The van der Waals surface area contributed by atoms with Crippen molar-refractivity contribution in [2.45, 2.75) is 44.2 Å². The van der Waals surface area contributed by atoms with Crippen molar-refractivity contribution in [3.8, 4) is 0 Å². The molecule has 0 amide bonds. The zero-order valence-corrected chi connectivity index (χ0v) is 7.83. The molecule has 0 saturated heterocycles. The molecule has 4 nitrogen and oxygen atoms in total. The fraction of sp³-hybridized carbons (Fsp3) is 0.889. The standard InChI is InChI=1S/C9H18N2O2/c10-7-1-3-8(4-2-7)11-6-5-9(12)13/h7-8,11H,1-6,10H2,(H,12,13)/t7-,8-. The maximum Gasteiger partial charge on any atom is 0.304 e. The minimum atomic E-state index is -0.736. The summed E-state index contributed by atoms with van der Waals surface area (Å²) in [6.45, 7) is 0.579. The molecule has 4 N–H and O–H groups in total.